The molecule has 0 aromatic heterocycles. The first-order valence-corrected chi connectivity index (χ1v) is 9.29. The number of halogens is 2. The maximum atomic E-state index is 12.9. The van der Waals surface area contributed by atoms with Gasteiger partial charge in [-0.2, -0.15) is 0 Å². The molecular weight excluding hydrogens is 383 g/mol. The molecule has 1 saturated heterocycles. The van der Waals surface area contributed by atoms with Gasteiger partial charge in [0.15, 0.2) is 11.9 Å². The normalized spacial score (nSPS) is 18.1. The van der Waals surface area contributed by atoms with Crippen LogP contribution in [0.4, 0.5) is 0 Å². The molecule has 3 aromatic rings. The van der Waals surface area contributed by atoms with Gasteiger partial charge in [0.25, 0.3) is 0 Å². The fraction of sp³-hybridized carbons (Fsp3) is 0.136. The van der Waals surface area contributed by atoms with E-state index in [2.05, 4.69) is 0 Å². The van der Waals surface area contributed by atoms with Crippen LogP contribution in [-0.4, -0.2) is 11.9 Å². The van der Waals surface area contributed by atoms with E-state index in [0.29, 0.717) is 28.0 Å². The Morgan fingerprint density at radius 1 is 0.926 bits per heavy atom. The van der Waals surface area contributed by atoms with E-state index in [1.54, 1.807) is 24.3 Å². The number of ether oxygens (including phenoxy) is 2. The predicted octanol–water partition coefficient (Wildman–Crippen LogP) is 5.90. The van der Waals surface area contributed by atoms with Crippen molar-refractivity contribution in [3.8, 4) is 5.75 Å². The molecule has 1 fully saturated rings. The van der Waals surface area contributed by atoms with Gasteiger partial charge in [-0.25, -0.2) is 0 Å². The van der Waals surface area contributed by atoms with Gasteiger partial charge in [-0.1, -0.05) is 71.7 Å². The van der Waals surface area contributed by atoms with Crippen molar-refractivity contribution in [2.45, 2.75) is 18.8 Å². The summed E-state index contributed by atoms with van der Waals surface area (Å²) in [6.07, 6.45) is -0.849. The Bertz CT molecular complexity index is 972. The molecule has 1 aliphatic rings. The third kappa shape index (κ3) is 4.01. The van der Waals surface area contributed by atoms with Crippen LogP contribution in [-0.2, 0) is 11.3 Å². The highest BCUT2D eigenvalue weighted by Gasteiger charge is 2.47. The SMILES string of the molecule is O=C(c1ccccc1OCc1ccccc1)C1OC1c1ccc(Cl)c(Cl)c1. The van der Waals surface area contributed by atoms with Crippen LogP contribution in [0.5, 0.6) is 5.75 Å². The van der Waals surface area contributed by atoms with Crippen LogP contribution in [0, 0.1) is 0 Å². The summed E-state index contributed by atoms with van der Waals surface area (Å²) in [5.41, 5.74) is 2.39. The lowest BCUT2D eigenvalue weighted by Crippen LogP contribution is -2.10. The van der Waals surface area contributed by atoms with Crippen molar-refractivity contribution >= 4 is 29.0 Å². The highest BCUT2D eigenvalue weighted by atomic mass is 35.5. The molecule has 136 valence electrons. The van der Waals surface area contributed by atoms with Gasteiger partial charge < -0.3 is 9.47 Å². The molecule has 1 aliphatic heterocycles. The van der Waals surface area contributed by atoms with Crippen LogP contribution in [0.3, 0.4) is 0 Å². The minimum absolute atomic E-state index is 0.102. The summed E-state index contributed by atoms with van der Waals surface area (Å²) < 4.78 is 11.5. The lowest BCUT2D eigenvalue weighted by molar-refractivity contribution is 0.0949. The summed E-state index contributed by atoms with van der Waals surface area (Å²) in [6.45, 7) is 0.396. The number of carbonyl (C=O) groups excluding carboxylic acids is 1. The Morgan fingerprint density at radius 2 is 1.67 bits per heavy atom. The van der Waals surface area contributed by atoms with Gasteiger partial charge in [0.05, 0.1) is 15.6 Å². The molecule has 5 heteroatoms. The Morgan fingerprint density at radius 3 is 2.44 bits per heavy atom. The smallest absolute Gasteiger partial charge is 0.198 e. The highest BCUT2D eigenvalue weighted by molar-refractivity contribution is 6.42. The molecule has 0 amide bonds. The second-order valence-corrected chi connectivity index (χ2v) is 7.10. The van der Waals surface area contributed by atoms with Gasteiger partial charge in [-0.3, -0.25) is 4.79 Å². The minimum atomic E-state index is -0.538. The summed E-state index contributed by atoms with van der Waals surface area (Å²) >= 11 is 12.0. The van der Waals surface area contributed by atoms with Gasteiger partial charge >= 0.3 is 0 Å². The van der Waals surface area contributed by atoms with Crippen LogP contribution < -0.4 is 4.74 Å². The van der Waals surface area contributed by atoms with Crippen LogP contribution in [0.2, 0.25) is 10.0 Å². The third-order valence-electron chi connectivity index (χ3n) is 4.41. The van der Waals surface area contributed by atoms with Gasteiger partial charge in [-0.15, -0.1) is 0 Å². The van der Waals surface area contributed by atoms with Gasteiger partial charge in [0, 0.05) is 0 Å². The van der Waals surface area contributed by atoms with E-state index in [9.17, 15) is 4.79 Å². The van der Waals surface area contributed by atoms with E-state index in [1.807, 2.05) is 48.5 Å². The molecule has 0 bridgehead atoms. The molecule has 3 nitrogen and oxygen atoms in total. The summed E-state index contributed by atoms with van der Waals surface area (Å²) in [4.78, 5) is 12.9. The van der Waals surface area contributed by atoms with Crippen molar-refractivity contribution in [3.63, 3.8) is 0 Å². The second kappa shape index (κ2) is 7.73. The highest BCUT2D eigenvalue weighted by Crippen LogP contribution is 2.43. The van der Waals surface area contributed by atoms with Gasteiger partial charge in [-0.05, 0) is 35.4 Å². The van der Waals surface area contributed by atoms with Gasteiger partial charge in [0.1, 0.15) is 18.5 Å². The summed E-state index contributed by atoms with van der Waals surface area (Å²) in [5, 5.41) is 0.922. The number of carbonyl (C=O) groups is 1. The number of Topliss-reactive ketones (excluding diaryl/α,β-unsaturated/α-hetero) is 1. The van der Waals surface area contributed by atoms with E-state index in [4.69, 9.17) is 32.7 Å². The summed E-state index contributed by atoms with van der Waals surface area (Å²) in [7, 11) is 0. The first kappa shape index (κ1) is 18.1. The molecule has 0 saturated carbocycles. The van der Waals surface area contributed by atoms with Crippen molar-refractivity contribution in [2.75, 3.05) is 0 Å². The fourth-order valence-electron chi connectivity index (χ4n) is 2.94. The zero-order chi connectivity index (χ0) is 18.8. The zero-order valence-corrected chi connectivity index (χ0v) is 15.8. The van der Waals surface area contributed by atoms with Crippen LogP contribution in [0.15, 0.2) is 72.8 Å². The number of rotatable bonds is 6. The summed E-state index contributed by atoms with van der Waals surface area (Å²) in [6, 6.07) is 22.3. The monoisotopic (exact) mass is 398 g/mol. The topological polar surface area (TPSA) is 38.8 Å². The number of hydrogen-bond donors (Lipinski definition) is 0. The molecule has 2 unspecified atom stereocenters. The van der Waals surface area contributed by atoms with Crippen molar-refractivity contribution in [1.29, 1.82) is 0 Å². The van der Waals surface area contributed by atoms with Crippen molar-refractivity contribution in [3.05, 3.63) is 99.5 Å². The standard InChI is InChI=1S/C22H16Cl2O3/c23-17-11-10-15(12-18(17)24)21-22(27-21)20(25)16-8-4-5-9-19(16)26-13-14-6-2-1-3-7-14/h1-12,21-22H,13H2. The maximum Gasteiger partial charge on any atom is 0.198 e. The first-order valence-electron chi connectivity index (χ1n) is 8.54. The molecule has 3 aromatic carbocycles. The van der Waals surface area contributed by atoms with E-state index >= 15 is 0 Å². The zero-order valence-electron chi connectivity index (χ0n) is 14.3. The Hall–Kier alpha value is -2.33. The molecule has 1 heterocycles. The van der Waals surface area contributed by atoms with Crippen LogP contribution in [0.25, 0.3) is 0 Å². The molecule has 27 heavy (non-hydrogen) atoms. The number of ketones is 1. The minimum Gasteiger partial charge on any atom is -0.488 e. The number of benzene rings is 3. The largest absolute Gasteiger partial charge is 0.488 e. The predicted molar refractivity (Wildman–Crippen MR) is 106 cm³/mol. The molecular formula is C22H16Cl2O3. The van der Waals surface area contributed by atoms with Crippen molar-refractivity contribution in [2.24, 2.45) is 0 Å². The molecule has 0 aliphatic carbocycles. The van der Waals surface area contributed by atoms with E-state index < -0.39 is 6.10 Å². The quantitative estimate of drug-likeness (QED) is 0.383. The van der Waals surface area contributed by atoms with E-state index in [0.717, 1.165) is 11.1 Å². The molecule has 0 spiro atoms. The number of hydrogen-bond acceptors (Lipinski definition) is 3. The number of epoxide rings is 1. The van der Waals surface area contributed by atoms with Crippen molar-refractivity contribution < 1.29 is 14.3 Å². The van der Waals surface area contributed by atoms with Crippen molar-refractivity contribution in [1.82, 2.24) is 0 Å². The second-order valence-electron chi connectivity index (χ2n) is 6.29. The Kier molecular flexibility index (Phi) is 5.17. The number of para-hydroxylation sites is 1. The summed E-state index contributed by atoms with van der Waals surface area (Å²) in [5.74, 6) is 0.449. The lowest BCUT2D eigenvalue weighted by atomic mass is 10.0. The van der Waals surface area contributed by atoms with Gasteiger partial charge in [0.2, 0.25) is 0 Å². The maximum absolute atomic E-state index is 12.9. The molecule has 0 N–H and O–H groups in total. The van der Waals surface area contributed by atoms with Crippen LogP contribution in [0.1, 0.15) is 27.6 Å². The van der Waals surface area contributed by atoms with E-state index in [-0.39, 0.29) is 11.9 Å². The average molecular weight is 399 g/mol. The Balaban J connectivity index is 1.49. The van der Waals surface area contributed by atoms with Crippen LogP contribution >= 0.6 is 23.2 Å². The molecule has 0 radical (unpaired) electrons. The fourth-order valence-corrected chi connectivity index (χ4v) is 3.25. The average Bonchev–Trinajstić information content (AvgIpc) is 3.50. The molecule has 4 rings (SSSR count). The first-order chi connectivity index (χ1) is 13.1. The molecule has 2 atom stereocenters. The van der Waals surface area contributed by atoms with E-state index in [1.165, 1.54) is 0 Å². The third-order valence-corrected chi connectivity index (χ3v) is 5.15. The Labute approximate surface area is 167 Å². The lowest BCUT2D eigenvalue weighted by Gasteiger charge is -2.10.